The first kappa shape index (κ1) is 12.0. The van der Waals surface area contributed by atoms with Crippen LogP contribution in [0.15, 0.2) is 18.2 Å². The molecule has 98 valence electrons. The average Bonchev–Trinajstić information content (AvgIpc) is 2.92. The van der Waals surface area contributed by atoms with Crippen molar-refractivity contribution in [2.75, 3.05) is 6.54 Å². The predicted molar refractivity (Wildman–Crippen MR) is 73.7 cm³/mol. The second-order valence-electron chi connectivity index (χ2n) is 6.17. The second kappa shape index (κ2) is 4.93. The molecule has 1 fully saturated rings. The minimum Gasteiger partial charge on any atom is -0.508 e. The summed E-state index contributed by atoms with van der Waals surface area (Å²) < 4.78 is 0. The van der Waals surface area contributed by atoms with Gasteiger partial charge in [-0.15, -0.1) is 0 Å². The fourth-order valence-electron chi connectivity index (χ4n) is 3.64. The van der Waals surface area contributed by atoms with Gasteiger partial charge in [-0.05, 0) is 67.3 Å². The van der Waals surface area contributed by atoms with E-state index in [4.69, 9.17) is 0 Å². The Morgan fingerprint density at radius 2 is 2.17 bits per heavy atom. The van der Waals surface area contributed by atoms with Crippen LogP contribution in [0.2, 0.25) is 0 Å². The van der Waals surface area contributed by atoms with Crippen LogP contribution in [-0.4, -0.2) is 11.7 Å². The fourth-order valence-corrected chi connectivity index (χ4v) is 3.64. The molecule has 2 aliphatic carbocycles. The summed E-state index contributed by atoms with van der Waals surface area (Å²) in [6.07, 6.45) is 6.47. The maximum absolute atomic E-state index is 9.49. The van der Waals surface area contributed by atoms with E-state index >= 15 is 0 Å². The highest BCUT2D eigenvalue weighted by atomic mass is 16.3. The Kier molecular flexibility index (Phi) is 3.29. The Morgan fingerprint density at radius 1 is 1.28 bits per heavy atom. The lowest BCUT2D eigenvalue weighted by Gasteiger charge is -2.17. The summed E-state index contributed by atoms with van der Waals surface area (Å²) in [6.45, 7) is 3.53. The van der Waals surface area contributed by atoms with Crippen LogP contribution in [-0.2, 0) is 6.42 Å². The van der Waals surface area contributed by atoms with E-state index in [0.717, 1.165) is 24.8 Å². The third-order valence-electron chi connectivity index (χ3n) is 4.66. The van der Waals surface area contributed by atoms with Crippen LogP contribution in [0.4, 0.5) is 0 Å². The van der Waals surface area contributed by atoms with Crippen molar-refractivity contribution < 1.29 is 5.11 Å². The van der Waals surface area contributed by atoms with E-state index in [-0.39, 0.29) is 0 Å². The molecule has 0 spiro atoms. The minimum absolute atomic E-state index is 0.402. The summed E-state index contributed by atoms with van der Waals surface area (Å²) in [5, 5.41) is 13.2. The molecule has 2 N–H and O–H groups in total. The summed E-state index contributed by atoms with van der Waals surface area (Å²) in [5.41, 5.74) is 2.73. The number of fused-ring (bicyclic) bond motifs is 1. The van der Waals surface area contributed by atoms with Gasteiger partial charge in [-0.25, -0.2) is 0 Å². The summed E-state index contributed by atoms with van der Waals surface area (Å²) in [5.74, 6) is 2.20. The van der Waals surface area contributed by atoms with Gasteiger partial charge < -0.3 is 10.4 Å². The van der Waals surface area contributed by atoms with E-state index < -0.39 is 0 Å². The van der Waals surface area contributed by atoms with Gasteiger partial charge in [0.25, 0.3) is 0 Å². The van der Waals surface area contributed by atoms with Crippen molar-refractivity contribution in [2.24, 2.45) is 11.8 Å². The van der Waals surface area contributed by atoms with Gasteiger partial charge in [0.1, 0.15) is 5.75 Å². The summed E-state index contributed by atoms with van der Waals surface area (Å²) >= 11 is 0. The van der Waals surface area contributed by atoms with Gasteiger partial charge in [0.2, 0.25) is 0 Å². The van der Waals surface area contributed by atoms with Crippen LogP contribution in [0.5, 0.6) is 5.75 Å². The molecular formula is C16H23NO. The molecule has 0 saturated heterocycles. The lowest BCUT2D eigenvalue weighted by atomic mass is 10.0. The number of rotatable bonds is 3. The van der Waals surface area contributed by atoms with E-state index in [0.29, 0.717) is 11.8 Å². The van der Waals surface area contributed by atoms with Gasteiger partial charge in [-0.3, -0.25) is 0 Å². The number of hydrogen-bond donors (Lipinski definition) is 2. The van der Waals surface area contributed by atoms with Gasteiger partial charge in [0.05, 0.1) is 0 Å². The molecule has 1 saturated carbocycles. The van der Waals surface area contributed by atoms with Crippen LogP contribution >= 0.6 is 0 Å². The molecule has 0 heterocycles. The van der Waals surface area contributed by atoms with E-state index in [9.17, 15) is 5.11 Å². The molecule has 0 radical (unpaired) electrons. The Balaban J connectivity index is 1.59. The van der Waals surface area contributed by atoms with Crippen molar-refractivity contribution in [3.05, 3.63) is 29.3 Å². The molecule has 1 aromatic carbocycles. The number of aryl methyl sites for hydroxylation is 1. The van der Waals surface area contributed by atoms with Gasteiger partial charge in [0.15, 0.2) is 0 Å². The van der Waals surface area contributed by atoms with Crippen LogP contribution < -0.4 is 5.32 Å². The fraction of sp³-hybridized carbons (Fsp3) is 0.625. The Bertz CT molecular complexity index is 429. The van der Waals surface area contributed by atoms with E-state index in [1.165, 1.54) is 36.8 Å². The molecule has 0 amide bonds. The van der Waals surface area contributed by atoms with Crippen molar-refractivity contribution in [3.8, 4) is 5.75 Å². The number of aromatic hydroxyl groups is 1. The van der Waals surface area contributed by atoms with Crippen LogP contribution in [0.1, 0.15) is 49.8 Å². The zero-order valence-corrected chi connectivity index (χ0v) is 11.2. The summed E-state index contributed by atoms with van der Waals surface area (Å²) in [7, 11) is 0. The largest absolute Gasteiger partial charge is 0.508 e. The van der Waals surface area contributed by atoms with Crippen molar-refractivity contribution in [1.82, 2.24) is 5.32 Å². The molecule has 0 aromatic heterocycles. The Labute approximate surface area is 109 Å². The topological polar surface area (TPSA) is 32.3 Å². The number of hydrogen-bond acceptors (Lipinski definition) is 2. The predicted octanol–water partition coefficient (Wildman–Crippen LogP) is 3.41. The first-order valence-corrected chi connectivity index (χ1v) is 7.27. The highest BCUT2D eigenvalue weighted by Gasteiger charge is 2.25. The SMILES string of the molecule is CC1CCC(CNC2CCc3cc(O)ccc32)C1. The maximum atomic E-state index is 9.49. The highest BCUT2D eigenvalue weighted by Crippen LogP contribution is 2.35. The van der Waals surface area contributed by atoms with Crippen molar-refractivity contribution in [1.29, 1.82) is 0 Å². The maximum Gasteiger partial charge on any atom is 0.115 e. The zero-order chi connectivity index (χ0) is 12.5. The molecule has 1 aromatic rings. The monoisotopic (exact) mass is 245 g/mol. The lowest BCUT2D eigenvalue weighted by molar-refractivity contribution is 0.426. The molecule has 0 bridgehead atoms. The molecule has 18 heavy (non-hydrogen) atoms. The smallest absolute Gasteiger partial charge is 0.115 e. The standard InChI is InChI=1S/C16H23NO/c1-11-2-3-12(8-11)10-17-16-7-4-13-9-14(18)5-6-15(13)16/h5-6,9,11-12,16-18H,2-4,7-8,10H2,1H3. The average molecular weight is 245 g/mol. The lowest BCUT2D eigenvalue weighted by Crippen LogP contribution is -2.25. The van der Waals surface area contributed by atoms with Crippen LogP contribution in [0.3, 0.4) is 0 Å². The third kappa shape index (κ3) is 2.39. The van der Waals surface area contributed by atoms with E-state index in [1.54, 1.807) is 0 Å². The number of phenols is 1. The van der Waals surface area contributed by atoms with Crippen molar-refractivity contribution in [2.45, 2.75) is 45.1 Å². The van der Waals surface area contributed by atoms with E-state index in [1.807, 2.05) is 12.1 Å². The molecule has 3 unspecified atom stereocenters. The van der Waals surface area contributed by atoms with Gasteiger partial charge in [-0.2, -0.15) is 0 Å². The second-order valence-corrected chi connectivity index (χ2v) is 6.17. The third-order valence-corrected chi connectivity index (χ3v) is 4.66. The number of benzene rings is 1. The molecule has 3 atom stereocenters. The summed E-state index contributed by atoms with van der Waals surface area (Å²) in [4.78, 5) is 0. The molecule has 0 aliphatic heterocycles. The van der Waals surface area contributed by atoms with Gasteiger partial charge in [0, 0.05) is 6.04 Å². The van der Waals surface area contributed by atoms with Crippen molar-refractivity contribution in [3.63, 3.8) is 0 Å². The Morgan fingerprint density at radius 3 is 2.94 bits per heavy atom. The number of nitrogens with one attached hydrogen (secondary N) is 1. The Hall–Kier alpha value is -1.02. The van der Waals surface area contributed by atoms with Crippen LogP contribution in [0.25, 0.3) is 0 Å². The minimum atomic E-state index is 0.402. The molecule has 2 nitrogen and oxygen atoms in total. The normalized spacial score (nSPS) is 30.6. The highest BCUT2D eigenvalue weighted by molar-refractivity contribution is 5.40. The quantitative estimate of drug-likeness (QED) is 0.855. The molecule has 2 heteroatoms. The molecule has 2 aliphatic rings. The summed E-state index contributed by atoms with van der Waals surface area (Å²) in [6, 6.07) is 6.34. The molecular weight excluding hydrogens is 222 g/mol. The van der Waals surface area contributed by atoms with Gasteiger partial charge >= 0.3 is 0 Å². The zero-order valence-electron chi connectivity index (χ0n) is 11.2. The first-order chi connectivity index (χ1) is 8.72. The van der Waals surface area contributed by atoms with E-state index in [2.05, 4.69) is 18.3 Å². The van der Waals surface area contributed by atoms with Gasteiger partial charge in [-0.1, -0.05) is 19.4 Å². The molecule has 3 rings (SSSR count). The number of phenolic OH excluding ortho intramolecular Hbond substituents is 1. The van der Waals surface area contributed by atoms with Crippen LogP contribution in [0, 0.1) is 11.8 Å². The first-order valence-electron chi connectivity index (χ1n) is 7.27. The van der Waals surface area contributed by atoms with Crippen molar-refractivity contribution >= 4 is 0 Å².